The molecular formula is C18H18ClNO4. The first-order valence-electron chi connectivity index (χ1n) is 7.32. The van der Waals surface area contributed by atoms with Gasteiger partial charge in [0.15, 0.2) is 6.10 Å². The van der Waals surface area contributed by atoms with E-state index >= 15 is 0 Å². The Morgan fingerprint density at radius 1 is 1.12 bits per heavy atom. The predicted molar refractivity (Wildman–Crippen MR) is 92.7 cm³/mol. The fourth-order valence-corrected chi connectivity index (χ4v) is 2.14. The third-order valence-corrected chi connectivity index (χ3v) is 3.67. The molecule has 2 rings (SSSR count). The van der Waals surface area contributed by atoms with E-state index in [1.54, 1.807) is 42.5 Å². The van der Waals surface area contributed by atoms with Crippen molar-refractivity contribution in [3.8, 4) is 5.75 Å². The number of methoxy groups -OCH3 is 1. The first-order chi connectivity index (χ1) is 11.4. The standard InChI is InChI=1S/C18H18ClNO4/c1-11-4-7-14(19)10-16(11)20-17(21)12(2)24-18(22)13-5-8-15(23-3)9-6-13/h4-10,12H,1-3H3,(H,20,21)/t12-/m0/s1. The smallest absolute Gasteiger partial charge is 0.338 e. The maximum Gasteiger partial charge on any atom is 0.338 e. The van der Waals surface area contributed by atoms with E-state index in [1.807, 2.05) is 6.92 Å². The number of halogens is 1. The molecule has 126 valence electrons. The zero-order chi connectivity index (χ0) is 17.7. The molecule has 24 heavy (non-hydrogen) atoms. The van der Waals surface area contributed by atoms with Gasteiger partial charge in [-0.2, -0.15) is 0 Å². The molecule has 0 radical (unpaired) electrons. The molecule has 0 fully saturated rings. The Labute approximate surface area is 145 Å². The number of esters is 1. The lowest BCUT2D eigenvalue weighted by Crippen LogP contribution is -2.30. The molecule has 0 aliphatic heterocycles. The summed E-state index contributed by atoms with van der Waals surface area (Å²) in [6, 6.07) is 11.6. The summed E-state index contributed by atoms with van der Waals surface area (Å²) < 4.78 is 10.2. The fraction of sp³-hybridized carbons (Fsp3) is 0.222. The van der Waals surface area contributed by atoms with E-state index < -0.39 is 18.0 Å². The van der Waals surface area contributed by atoms with E-state index in [0.717, 1.165) is 5.56 Å². The third kappa shape index (κ3) is 4.49. The second kappa shape index (κ2) is 7.84. The number of aryl methyl sites for hydroxylation is 1. The number of benzene rings is 2. The number of carbonyl (C=O) groups excluding carboxylic acids is 2. The lowest BCUT2D eigenvalue weighted by Gasteiger charge is -2.15. The van der Waals surface area contributed by atoms with Crippen LogP contribution < -0.4 is 10.1 Å². The molecular weight excluding hydrogens is 330 g/mol. The highest BCUT2D eigenvalue weighted by atomic mass is 35.5. The van der Waals surface area contributed by atoms with Gasteiger partial charge in [-0.3, -0.25) is 4.79 Å². The van der Waals surface area contributed by atoms with Gasteiger partial charge in [-0.15, -0.1) is 0 Å². The topological polar surface area (TPSA) is 64.6 Å². The molecule has 1 atom stereocenters. The van der Waals surface area contributed by atoms with Crippen LogP contribution in [0.15, 0.2) is 42.5 Å². The van der Waals surface area contributed by atoms with Crippen molar-refractivity contribution < 1.29 is 19.1 Å². The summed E-state index contributed by atoms with van der Waals surface area (Å²) in [5.74, 6) is -0.376. The molecule has 1 amide bonds. The van der Waals surface area contributed by atoms with Crippen LogP contribution in [0.25, 0.3) is 0 Å². The molecule has 1 N–H and O–H groups in total. The number of amides is 1. The second-order valence-corrected chi connectivity index (χ2v) is 5.66. The minimum Gasteiger partial charge on any atom is -0.497 e. The summed E-state index contributed by atoms with van der Waals surface area (Å²) >= 11 is 5.92. The Bertz CT molecular complexity index is 743. The van der Waals surface area contributed by atoms with E-state index in [1.165, 1.54) is 14.0 Å². The molecule has 2 aromatic rings. The van der Waals surface area contributed by atoms with Crippen molar-refractivity contribution in [3.63, 3.8) is 0 Å². The molecule has 0 aliphatic carbocycles. The van der Waals surface area contributed by atoms with Gasteiger partial charge in [0.25, 0.3) is 5.91 Å². The van der Waals surface area contributed by atoms with E-state index in [9.17, 15) is 9.59 Å². The minimum absolute atomic E-state index is 0.342. The van der Waals surface area contributed by atoms with E-state index in [4.69, 9.17) is 21.1 Å². The van der Waals surface area contributed by atoms with Crippen LogP contribution in [0.1, 0.15) is 22.8 Å². The van der Waals surface area contributed by atoms with E-state index in [2.05, 4.69) is 5.32 Å². The molecule has 6 heteroatoms. The van der Waals surface area contributed by atoms with Crippen molar-refractivity contribution in [1.82, 2.24) is 0 Å². The fourth-order valence-electron chi connectivity index (χ4n) is 1.97. The van der Waals surface area contributed by atoms with Gasteiger partial charge in [-0.25, -0.2) is 4.79 Å². The number of ether oxygens (including phenoxy) is 2. The maximum absolute atomic E-state index is 12.2. The van der Waals surface area contributed by atoms with Gasteiger partial charge in [0.2, 0.25) is 0 Å². The van der Waals surface area contributed by atoms with Crippen LogP contribution in [0.4, 0.5) is 5.69 Å². The largest absolute Gasteiger partial charge is 0.497 e. The highest BCUT2D eigenvalue weighted by molar-refractivity contribution is 6.31. The zero-order valence-corrected chi connectivity index (χ0v) is 14.4. The Kier molecular flexibility index (Phi) is 5.82. The van der Waals surface area contributed by atoms with E-state index in [0.29, 0.717) is 22.0 Å². The molecule has 0 unspecified atom stereocenters. The zero-order valence-electron chi connectivity index (χ0n) is 13.6. The second-order valence-electron chi connectivity index (χ2n) is 5.22. The number of hydrogen-bond acceptors (Lipinski definition) is 4. The van der Waals surface area contributed by atoms with Gasteiger partial charge in [0.1, 0.15) is 5.75 Å². The van der Waals surface area contributed by atoms with E-state index in [-0.39, 0.29) is 0 Å². The lowest BCUT2D eigenvalue weighted by molar-refractivity contribution is -0.123. The summed E-state index contributed by atoms with van der Waals surface area (Å²) in [6.45, 7) is 3.36. The van der Waals surface area contributed by atoms with Crippen molar-refractivity contribution in [2.24, 2.45) is 0 Å². The van der Waals surface area contributed by atoms with Gasteiger partial charge in [0, 0.05) is 10.7 Å². The average Bonchev–Trinajstić information content (AvgIpc) is 2.58. The monoisotopic (exact) mass is 347 g/mol. The number of carbonyl (C=O) groups is 2. The minimum atomic E-state index is -0.946. The van der Waals surface area contributed by atoms with Crippen LogP contribution in [0, 0.1) is 6.92 Å². The number of hydrogen-bond donors (Lipinski definition) is 1. The molecule has 0 aliphatic rings. The summed E-state index contributed by atoms with van der Waals surface area (Å²) in [5, 5.41) is 3.22. The van der Waals surface area contributed by atoms with Crippen LogP contribution in [0.5, 0.6) is 5.75 Å². The van der Waals surface area contributed by atoms with Crippen LogP contribution in [-0.2, 0) is 9.53 Å². The quantitative estimate of drug-likeness (QED) is 0.834. The van der Waals surface area contributed by atoms with Crippen molar-refractivity contribution in [2.75, 3.05) is 12.4 Å². The highest BCUT2D eigenvalue weighted by Gasteiger charge is 2.19. The van der Waals surface area contributed by atoms with Crippen molar-refractivity contribution in [1.29, 1.82) is 0 Å². The number of nitrogens with one attached hydrogen (secondary N) is 1. The maximum atomic E-state index is 12.2. The van der Waals surface area contributed by atoms with Crippen molar-refractivity contribution in [2.45, 2.75) is 20.0 Å². The first kappa shape index (κ1) is 17.8. The van der Waals surface area contributed by atoms with Crippen molar-refractivity contribution in [3.05, 3.63) is 58.6 Å². The molecule has 0 saturated carbocycles. The van der Waals surface area contributed by atoms with Gasteiger partial charge < -0.3 is 14.8 Å². The molecule has 0 heterocycles. The Balaban J connectivity index is 1.99. The summed E-state index contributed by atoms with van der Waals surface area (Å²) in [6.07, 6.45) is -0.946. The van der Waals surface area contributed by atoms with Gasteiger partial charge >= 0.3 is 5.97 Å². The third-order valence-electron chi connectivity index (χ3n) is 3.44. The number of anilines is 1. The first-order valence-corrected chi connectivity index (χ1v) is 7.70. The molecule has 0 saturated heterocycles. The average molecular weight is 348 g/mol. The lowest BCUT2D eigenvalue weighted by atomic mass is 10.2. The SMILES string of the molecule is COc1ccc(C(=O)O[C@@H](C)C(=O)Nc2cc(Cl)ccc2C)cc1. The van der Waals surface area contributed by atoms with Gasteiger partial charge in [-0.05, 0) is 55.8 Å². The molecule has 0 spiro atoms. The summed E-state index contributed by atoms with van der Waals surface area (Å²) in [4.78, 5) is 24.3. The Morgan fingerprint density at radius 3 is 2.42 bits per heavy atom. The van der Waals surface area contributed by atoms with Crippen LogP contribution in [-0.4, -0.2) is 25.1 Å². The van der Waals surface area contributed by atoms with Gasteiger partial charge in [0.05, 0.1) is 12.7 Å². The van der Waals surface area contributed by atoms with Crippen molar-refractivity contribution >= 4 is 29.2 Å². The predicted octanol–water partition coefficient (Wildman–Crippen LogP) is 3.84. The molecule has 5 nitrogen and oxygen atoms in total. The summed E-state index contributed by atoms with van der Waals surface area (Å²) in [7, 11) is 1.54. The molecule has 0 bridgehead atoms. The Hall–Kier alpha value is -2.53. The summed E-state index contributed by atoms with van der Waals surface area (Å²) in [5.41, 5.74) is 1.79. The van der Waals surface area contributed by atoms with Gasteiger partial charge in [-0.1, -0.05) is 17.7 Å². The van der Waals surface area contributed by atoms with Crippen LogP contribution in [0.3, 0.4) is 0 Å². The van der Waals surface area contributed by atoms with Crippen LogP contribution in [0.2, 0.25) is 5.02 Å². The Morgan fingerprint density at radius 2 is 1.79 bits per heavy atom. The van der Waals surface area contributed by atoms with Crippen LogP contribution >= 0.6 is 11.6 Å². The highest BCUT2D eigenvalue weighted by Crippen LogP contribution is 2.20. The number of rotatable bonds is 5. The molecule has 0 aromatic heterocycles. The normalized spacial score (nSPS) is 11.5. The molecule has 2 aromatic carbocycles.